The molecule has 10 heteroatoms. The summed E-state index contributed by atoms with van der Waals surface area (Å²) in [5.41, 5.74) is 2.48. The van der Waals surface area contributed by atoms with E-state index < -0.39 is 17.5 Å². The molecule has 3 aromatic carbocycles. The number of ether oxygens (including phenoxy) is 1. The summed E-state index contributed by atoms with van der Waals surface area (Å²) in [6.45, 7) is 0.627. The summed E-state index contributed by atoms with van der Waals surface area (Å²) in [6, 6.07) is 14.4. The summed E-state index contributed by atoms with van der Waals surface area (Å²) in [6.07, 6.45) is 5.71. The standard InChI is InChI=1S/C28H25F3N6O/c29-21-12-18(27-33-35-36-34-27)10-11-19(21)16-38-26-9-5-4-8-20(26)28-32-24-13-22(30)23(31)14-25(24)37(28)15-17-6-2-1-3-7-17/h4-5,8-14,17H,1-3,6-7,15-16H2,(H,33,34,35,36). The highest BCUT2D eigenvalue weighted by molar-refractivity contribution is 5.82. The molecular formula is C28H25F3N6O. The first-order valence-electron chi connectivity index (χ1n) is 12.7. The number of fused-ring (bicyclic) bond motifs is 1. The third kappa shape index (κ3) is 4.73. The van der Waals surface area contributed by atoms with Gasteiger partial charge >= 0.3 is 0 Å². The number of aromatic amines is 1. The topological polar surface area (TPSA) is 81.5 Å². The van der Waals surface area contributed by atoms with E-state index in [-0.39, 0.29) is 6.61 Å². The predicted molar refractivity (Wildman–Crippen MR) is 136 cm³/mol. The van der Waals surface area contributed by atoms with Gasteiger partial charge < -0.3 is 9.30 Å². The molecule has 7 nitrogen and oxygen atoms in total. The molecule has 1 fully saturated rings. The van der Waals surface area contributed by atoms with Gasteiger partial charge in [-0.2, -0.15) is 0 Å². The van der Waals surface area contributed by atoms with Gasteiger partial charge in [-0.25, -0.2) is 23.3 Å². The first-order chi connectivity index (χ1) is 18.6. The van der Waals surface area contributed by atoms with Crippen molar-refractivity contribution in [3.8, 4) is 28.5 Å². The van der Waals surface area contributed by atoms with Gasteiger partial charge in [0.05, 0.1) is 16.6 Å². The molecule has 5 aromatic rings. The number of benzene rings is 3. The molecule has 1 aliphatic carbocycles. The Morgan fingerprint density at radius 1 is 0.921 bits per heavy atom. The second-order valence-electron chi connectivity index (χ2n) is 9.65. The number of halogens is 3. The van der Waals surface area contributed by atoms with Crippen molar-refractivity contribution in [1.82, 2.24) is 30.2 Å². The van der Waals surface area contributed by atoms with Gasteiger partial charge in [0.1, 0.15) is 24.0 Å². The van der Waals surface area contributed by atoms with Gasteiger partial charge in [-0.05, 0) is 47.4 Å². The Kier molecular flexibility index (Phi) is 6.53. The number of hydrogen-bond acceptors (Lipinski definition) is 5. The first kappa shape index (κ1) is 24.1. The number of rotatable bonds is 7. The maximum absolute atomic E-state index is 14.9. The molecule has 0 radical (unpaired) electrons. The van der Waals surface area contributed by atoms with E-state index >= 15 is 0 Å². The molecular weight excluding hydrogens is 493 g/mol. The molecule has 2 heterocycles. The van der Waals surface area contributed by atoms with Gasteiger partial charge in [-0.3, -0.25) is 0 Å². The fourth-order valence-corrected chi connectivity index (χ4v) is 5.16. The Morgan fingerprint density at radius 3 is 2.53 bits per heavy atom. The summed E-state index contributed by atoms with van der Waals surface area (Å²) >= 11 is 0. The lowest BCUT2D eigenvalue weighted by Crippen LogP contribution is -2.15. The normalized spacial score (nSPS) is 14.3. The molecule has 0 bridgehead atoms. The Balaban J connectivity index is 1.34. The minimum absolute atomic E-state index is 0.0239. The van der Waals surface area contributed by atoms with Gasteiger partial charge in [0.25, 0.3) is 0 Å². The number of nitrogens with zero attached hydrogens (tertiary/aromatic N) is 5. The molecule has 1 saturated carbocycles. The summed E-state index contributed by atoms with van der Waals surface area (Å²) in [5.74, 6) is -0.433. The number of imidazole rings is 1. The molecule has 0 saturated heterocycles. The van der Waals surface area contributed by atoms with Crippen molar-refractivity contribution in [1.29, 1.82) is 0 Å². The van der Waals surface area contributed by atoms with E-state index in [4.69, 9.17) is 9.72 Å². The van der Waals surface area contributed by atoms with E-state index in [1.54, 1.807) is 18.2 Å². The van der Waals surface area contributed by atoms with E-state index in [9.17, 15) is 13.2 Å². The van der Waals surface area contributed by atoms with Gasteiger partial charge in [-0.15, -0.1) is 5.10 Å². The maximum Gasteiger partial charge on any atom is 0.179 e. The fraction of sp³-hybridized carbons (Fsp3) is 0.286. The monoisotopic (exact) mass is 518 g/mol. The maximum atomic E-state index is 14.9. The van der Waals surface area contributed by atoms with E-state index in [0.717, 1.165) is 31.7 Å². The summed E-state index contributed by atoms with van der Waals surface area (Å²) < 4.78 is 51.3. The molecule has 0 amide bonds. The molecule has 0 atom stereocenters. The zero-order valence-corrected chi connectivity index (χ0v) is 20.5. The molecule has 0 spiro atoms. The highest BCUT2D eigenvalue weighted by atomic mass is 19.2. The summed E-state index contributed by atoms with van der Waals surface area (Å²) in [7, 11) is 0. The average Bonchev–Trinajstić information content (AvgIpc) is 3.58. The minimum atomic E-state index is -0.934. The van der Waals surface area contributed by atoms with Crippen molar-refractivity contribution in [2.75, 3.05) is 0 Å². The van der Waals surface area contributed by atoms with Crippen molar-refractivity contribution in [3.05, 3.63) is 77.6 Å². The number of aromatic nitrogens is 6. The molecule has 0 unspecified atom stereocenters. The number of H-pyrrole nitrogens is 1. The molecule has 38 heavy (non-hydrogen) atoms. The quantitative estimate of drug-likeness (QED) is 0.267. The van der Waals surface area contributed by atoms with Gasteiger partial charge in [-0.1, -0.05) is 43.5 Å². The Morgan fingerprint density at radius 2 is 1.74 bits per heavy atom. The third-order valence-electron chi connectivity index (χ3n) is 7.14. The minimum Gasteiger partial charge on any atom is -0.488 e. The van der Waals surface area contributed by atoms with Crippen LogP contribution < -0.4 is 4.74 Å². The van der Waals surface area contributed by atoms with Crippen LogP contribution in [0.25, 0.3) is 33.8 Å². The van der Waals surface area contributed by atoms with Crippen molar-refractivity contribution in [2.24, 2.45) is 5.92 Å². The second kappa shape index (κ2) is 10.3. The fourth-order valence-electron chi connectivity index (χ4n) is 5.16. The Hall–Kier alpha value is -4.21. The van der Waals surface area contributed by atoms with Crippen LogP contribution in [0.3, 0.4) is 0 Å². The van der Waals surface area contributed by atoms with Crippen LogP contribution in [-0.4, -0.2) is 30.2 Å². The number of hydrogen-bond donors (Lipinski definition) is 1. The van der Waals surface area contributed by atoms with Crippen LogP contribution in [0, 0.1) is 23.4 Å². The van der Waals surface area contributed by atoms with E-state index in [1.807, 2.05) is 22.8 Å². The summed E-state index contributed by atoms with van der Waals surface area (Å²) in [4.78, 5) is 4.70. The van der Waals surface area contributed by atoms with Crippen LogP contribution >= 0.6 is 0 Å². The van der Waals surface area contributed by atoms with E-state index in [1.165, 1.54) is 18.6 Å². The average molecular weight is 519 g/mol. The van der Waals surface area contributed by atoms with Crippen LogP contribution in [0.15, 0.2) is 54.6 Å². The van der Waals surface area contributed by atoms with Crippen molar-refractivity contribution >= 4 is 11.0 Å². The van der Waals surface area contributed by atoms with Crippen LogP contribution in [0.2, 0.25) is 0 Å². The molecule has 194 valence electrons. The lowest BCUT2D eigenvalue weighted by atomic mass is 9.89. The van der Waals surface area contributed by atoms with E-state index in [0.29, 0.717) is 57.6 Å². The number of tetrazole rings is 1. The van der Waals surface area contributed by atoms with Crippen LogP contribution in [-0.2, 0) is 13.2 Å². The SMILES string of the molecule is Fc1cc2nc(-c3ccccc3OCc3ccc(-c4nnn[nH]4)cc3F)n(CC3CCCCC3)c2cc1F. The number of nitrogens with one attached hydrogen (secondary N) is 1. The largest absolute Gasteiger partial charge is 0.488 e. The molecule has 6 rings (SSSR count). The molecule has 1 aliphatic rings. The van der Waals surface area contributed by atoms with Gasteiger partial charge in [0.15, 0.2) is 17.5 Å². The summed E-state index contributed by atoms with van der Waals surface area (Å²) in [5, 5.41) is 13.4. The Labute approximate surface area is 216 Å². The van der Waals surface area contributed by atoms with E-state index in [2.05, 4.69) is 20.6 Å². The smallest absolute Gasteiger partial charge is 0.179 e. The molecule has 0 aliphatic heterocycles. The second-order valence-corrected chi connectivity index (χ2v) is 9.65. The first-order valence-corrected chi connectivity index (χ1v) is 12.7. The van der Waals surface area contributed by atoms with Crippen molar-refractivity contribution < 1.29 is 17.9 Å². The molecule has 2 aromatic heterocycles. The van der Waals surface area contributed by atoms with Crippen molar-refractivity contribution in [3.63, 3.8) is 0 Å². The van der Waals surface area contributed by atoms with Crippen molar-refractivity contribution in [2.45, 2.75) is 45.3 Å². The zero-order valence-electron chi connectivity index (χ0n) is 20.5. The highest BCUT2D eigenvalue weighted by Crippen LogP contribution is 2.35. The van der Waals surface area contributed by atoms with Crippen LogP contribution in [0.1, 0.15) is 37.7 Å². The van der Waals surface area contributed by atoms with Gasteiger partial charge in [0, 0.05) is 29.8 Å². The Bertz CT molecular complexity index is 1580. The van der Waals surface area contributed by atoms with Crippen LogP contribution in [0.5, 0.6) is 5.75 Å². The highest BCUT2D eigenvalue weighted by Gasteiger charge is 2.22. The number of para-hydroxylation sites is 1. The third-order valence-corrected chi connectivity index (χ3v) is 7.14. The van der Waals surface area contributed by atoms with Gasteiger partial charge in [0.2, 0.25) is 0 Å². The lowest BCUT2D eigenvalue weighted by Gasteiger charge is -2.23. The predicted octanol–water partition coefficient (Wildman–Crippen LogP) is 6.46. The molecule has 1 N–H and O–H groups in total. The lowest BCUT2D eigenvalue weighted by molar-refractivity contribution is 0.300. The van der Waals surface area contributed by atoms with Crippen LogP contribution in [0.4, 0.5) is 13.2 Å². The zero-order chi connectivity index (χ0) is 26.1.